The minimum absolute atomic E-state index is 0.455. The van der Waals surface area contributed by atoms with E-state index in [1.807, 2.05) is 36.4 Å². The maximum absolute atomic E-state index is 9.63. The van der Waals surface area contributed by atoms with E-state index in [-0.39, 0.29) is 0 Å². The highest BCUT2D eigenvalue weighted by Gasteiger charge is 2.18. The van der Waals surface area contributed by atoms with Crippen LogP contribution in [0.5, 0.6) is 0 Å². The van der Waals surface area contributed by atoms with Gasteiger partial charge in [-0.15, -0.1) is 0 Å². The third kappa shape index (κ3) is 4.71. The number of nitrogens with zero attached hydrogens (tertiary/aromatic N) is 1. The Kier molecular flexibility index (Phi) is 6.49. The zero-order chi connectivity index (χ0) is 25.9. The van der Waals surface area contributed by atoms with Crippen LogP contribution in [0, 0.1) is 0 Å². The fraction of sp³-hybridized carbons (Fsp3) is 0. The predicted molar refractivity (Wildman–Crippen MR) is 159 cm³/mol. The molecular weight excluding hydrogens is 465 g/mol. The van der Waals surface area contributed by atoms with Gasteiger partial charge in [-0.2, -0.15) is 0 Å². The van der Waals surface area contributed by atoms with Crippen molar-refractivity contribution in [2.45, 2.75) is 0 Å². The Labute approximate surface area is 223 Å². The van der Waals surface area contributed by atoms with Gasteiger partial charge in [0, 0.05) is 16.9 Å². The first kappa shape index (κ1) is 23.7. The van der Waals surface area contributed by atoms with Crippen LogP contribution in [0.3, 0.4) is 0 Å². The molecule has 6 aromatic carbocycles. The van der Waals surface area contributed by atoms with E-state index in [1.54, 1.807) is 12.1 Å². The molecule has 4 heteroatoms. The molecule has 0 aromatic heterocycles. The molecule has 0 saturated carbocycles. The summed E-state index contributed by atoms with van der Waals surface area (Å²) >= 11 is 0. The van der Waals surface area contributed by atoms with Gasteiger partial charge in [-0.05, 0) is 69.3 Å². The SMILES string of the molecule is OB(O)c1ccc(N(c2ccc(-c3ccc4ccccc4c3)cc2)c2ccccc2-c2ccccc2)cc1. The van der Waals surface area contributed by atoms with E-state index >= 15 is 0 Å². The first-order chi connectivity index (χ1) is 18.7. The van der Waals surface area contributed by atoms with Gasteiger partial charge < -0.3 is 14.9 Å². The largest absolute Gasteiger partial charge is 0.488 e. The second-order valence-electron chi connectivity index (χ2n) is 9.29. The summed E-state index contributed by atoms with van der Waals surface area (Å²) in [6.07, 6.45) is 0. The Hall–Kier alpha value is -4.64. The van der Waals surface area contributed by atoms with Crippen LogP contribution >= 0.6 is 0 Å². The van der Waals surface area contributed by atoms with Crippen LogP contribution in [0.1, 0.15) is 0 Å². The molecule has 3 nitrogen and oxygen atoms in total. The summed E-state index contributed by atoms with van der Waals surface area (Å²) in [5, 5.41) is 21.7. The smallest absolute Gasteiger partial charge is 0.423 e. The van der Waals surface area contributed by atoms with E-state index in [0.717, 1.165) is 33.8 Å². The highest BCUT2D eigenvalue weighted by atomic mass is 16.4. The highest BCUT2D eigenvalue weighted by Crippen LogP contribution is 2.41. The number of fused-ring (bicyclic) bond motifs is 1. The molecule has 0 fully saturated rings. The predicted octanol–water partition coefficient (Wildman–Crippen LogP) is 7.32. The van der Waals surface area contributed by atoms with Crippen molar-refractivity contribution in [2.75, 3.05) is 4.90 Å². The van der Waals surface area contributed by atoms with Crippen molar-refractivity contribution < 1.29 is 10.0 Å². The molecule has 6 aromatic rings. The molecule has 2 N–H and O–H groups in total. The number of anilines is 3. The molecule has 182 valence electrons. The number of para-hydroxylation sites is 1. The summed E-state index contributed by atoms with van der Waals surface area (Å²) in [6.45, 7) is 0. The monoisotopic (exact) mass is 491 g/mol. The van der Waals surface area contributed by atoms with Crippen LogP contribution in [0.15, 0.2) is 146 Å². The molecule has 0 unspecified atom stereocenters. The van der Waals surface area contributed by atoms with Gasteiger partial charge in [0.1, 0.15) is 0 Å². The fourth-order valence-corrected chi connectivity index (χ4v) is 4.93. The van der Waals surface area contributed by atoms with Crippen molar-refractivity contribution >= 4 is 40.4 Å². The molecule has 0 heterocycles. The van der Waals surface area contributed by atoms with E-state index in [9.17, 15) is 10.0 Å². The molecule has 0 spiro atoms. The van der Waals surface area contributed by atoms with Gasteiger partial charge in [0.05, 0.1) is 5.69 Å². The molecule has 38 heavy (non-hydrogen) atoms. The summed E-state index contributed by atoms with van der Waals surface area (Å²) in [5.74, 6) is 0. The number of hydrogen-bond donors (Lipinski definition) is 2. The lowest BCUT2D eigenvalue weighted by Crippen LogP contribution is -2.29. The maximum atomic E-state index is 9.63. The Bertz CT molecular complexity index is 1680. The second kappa shape index (κ2) is 10.4. The third-order valence-electron chi connectivity index (χ3n) is 6.89. The van der Waals surface area contributed by atoms with Gasteiger partial charge in [0.25, 0.3) is 0 Å². The minimum atomic E-state index is -1.50. The number of rotatable bonds is 6. The molecule has 0 aliphatic rings. The average molecular weight is 491 g/mol. The van der Waals surface area contributed by atoms with Crippen molar-refractivity contribution in [1.29, 1.82) is 0 Å². The molecule has 6 rings (SSSR count). The Morgan fingerprint density at radius 2 is 1.03 bits per heavy atom. The van der Waals surface area contributed by atoms with E-state index in [4.69, 9.17) is 0 Å². The van der Waals surface area contributed by atoms with Crippen molar-refractivity contribution in [3.05, 3.63) is 146 Å². The standard InChI is InChI=1S/C34H26BNO2/c37-35(38)30-18-22-32(23-19-30)36(34-13-7-6-12-33(34)27-9-2-1-3-10-27)31-20-16-26(17-21-31)29-15-14-25-8-4-5-11-28(25)24-29/h1-24,37-38H. The molecule has 0 bridgehead atoms. The molecule has 0 amide bonds. The van der Waals surface area contributed by atoms with Crippen molar-refractivity contribution in [1.82, 2.24) is 0 Å². The molecule has 0 saturated heterocycles. The maximum Gasteiger partial charge on any atom is 0.488 e. The lowest BCUT2D eigenvalue weighted by Gasteiger charge is -2.28. The van der Waals surface area contributed by atoms with E-state index < -0.39 is 7.12 Å². The van der Waals surface area contributed by atoms with Gasteiger partial charge in [0.15, 0.2) is 0 Å². The number of hydrogen-bond acceptors (Lipinski definition) is 3. The first-order valence-corrected chi connectivity index (χ1v) is 12.7. The lowest BCUT2D eigenvalue weighted by molar-refractivity contribution is 0.426. The number of benzene rings is 6. The first-order valence-electron chi connectivity index (χ1n) is 12.7. The Morgan fingerprint density at radius 3 is 1.74 bits per heavy atom. The zero-order valence-corrected chi connectivity index (χ0v) is 20.8. The molecule has 0 aliphatic carbocycles. The van der Waals surface area contributed by atoms with Crippen LogP contribution in [-0.2, 0) is 0 Å². The Balaban J connectivity index is 1.45. The molecule has 0 radical (unpaired) electrons. The van der Waals surface area contributed by atoms with Crippen molar-refractivity contribution in [2.24, 2.45) is 0 Å². The topological polar surface area (TPSA) is 43.7 Å². The van der Waals surface area contributed by atoms with Gasteiger partial charge in [-0.25, -0.2) is 0 Å². The van der Waals surface area contributed by atoms with Crippen molar-refractivity contribution in [3.63, 3.8) is 0 Å². The van der Waals surface area contributed by atoms with Gasteiger partial charge in [-0.1, -0.05) is 109 Å². The van der Waals surface area contributed by atoms with Gasteiger partial charge >= 0.3 is 7.12 Å². The molecule has 0 aliphatic heterocycles. The van der Waals surface area contributed by atoms with Crippen LogP contribution in [-0.4, -0.2) is 17.2 Å². The van der Waals surface area contributed by atoms with Crippen LogP contribution in [0.2, 0.25) is 0 Å². The van der Waals surface area contributed by atoms with Crippen molar-refractivity contribution in [3.8, 4) is 22.3 Å². The summed E-state index contributed by atoms with van der Waals surface area (Å²) in [5.41, 5.74) is 7.99. The van der Waals surface area contributed by atoms with Crippen LogP contribution in [0.25, 0.3) is 33.0 Å². The quantitative estimate of drug-likeness (QED) is 0.240. The van der Waals surface area contributed by atoms with E-state index in [1.165, 1.54) is 16.3 Å². The third-order valence-corrected chi connectivity index (χ3v) is 6.89. The summed E-state index contributed by atoms with van der Waals surface area (Å²) in [7, 11) is -1.50. The van der Waals surface area contributed by atoms with Crippen LogP contribution < -0.4 is 10.4 Å². The minimum Gasteiger partial charge on any atom is -0.423 e. The lowest BCUT2D eigenvalue weighted by atomic mass is 9.80. The summed E-state index contributed by atoms with van der Waals surface area (Å²) in [6, 6.07) is 49.6. The van der Waals surface area contributed by atoms with Crippen LogP contribution in [0.4, 0.5) is 17.1 Å². The summed E-state index contributed by atoms with van der Waals surface area (Å²) < 4.78 is 0. The summed E-state index contributed by atoms with van der Waals surface area (Å²) in [4.78, 5) is 2.21. The highest BCUT2D eigenvalue weighted by molar-refractivity contribution is 6.58. The Morgan fingerprint density at radius 1 is 0.447 bits per heavy atom. The molecule has 0 atom stereocenters. The van der Waals surface area contributed by atoms with E-state index in [2.05, 4.69) is 102 Å². The van der Waals surface area contributed by atoms with E-state index in [0.29, 0.717) is 5.46 Å². The average Bonchev–Trinajstić information content (AvgIpc) is 2.98. The van der Waals surface area contributed by atoms with Gasteiger partial charge in [-0.3, -0.25) is 0 Å². The second-order valence-corrected chi connectivity index (χ2v) is 9.29. The normalized spacial score (nSPS) is 10.9. The fourth-order valence-electron chi connectivity index (χ4n) is 4.93. The molecular formula is C34H26BNO2. The van der Waals surface area contributed by atoms with Gasteiger partial charge in [0.2, 0.25) is 0 Å². The zero-order valence-electron chi connectivity index (χ0n) is 20.8.